The zero-order valence-corrected chi connectivity index (χ0v) is 9.55. The molecule has 1 aromatic rings. The molecule has 0 spiro atoms. The van der Waals surface area contributed by atoms with Gasteiger partial charge in [-0.15, -0.1) is 0 Å². The van der Waals surface area contributed by atoms with Crippen molar-refractivity contribution in [3.05, 3.63) is 23.7 Å². The summed E-state index contributed by atoms with van der Waals surface area (Å²) in [5, 5.41) is 0. The molecule has 0 aliphatic rings. The first-order valence-electron chi connectivity index (χ1n) is 4.84. The van der Waals surface area contributed by atoms with Crippen molar-refractivity contribution in [3.8, 4) is 11.8 Å². The van der Waals surface area contributed by atoms with Gasteiger partial charge in [-0.3, -0.25) is 4.79 Å². The maximum absolute atomic E-state index is 10.1. The van der Waals surface area contributed by atoms with Crippen LogP contribution in [0.25, 0.3) is 0 Å². The Labute approximate surface area is 86.3 Å². The van der Waals surface area contributed by atoms with Crippen LogP contribution < -0.4 is 0 Å². The maximum Gasteiger partial charge on any atom is 0.185 e. The fourth-order valence-corrected chi connectivity index (χ4v) is 0.607. The molecule has 14 heavy (non-hydrogen) atoms. The molecule has 0 saturated carbocycles. The summed E-state index contributed by atoms with van der Waals surface area (Å²) in [4.78, 5) is 10.1. The molecule has 0 fully saturated rings. The van der Waals surface area contributed by atoms with Gasteiger partial charge in [0.15, 0.2) is 17.8 Å². The lowest BCUT2D eigenvalue weighted by Gasteiger charge is -1.76. The minimum Gasteiger partial charge on any atom is -0.445 e. The lowest BCUT2D eigenvalue weighted by Crippen LogP contribution is -1.67. The van der Waals surface area contributed by atoms with Crippen LogP contribution in [0.15, 0.2) is 16.5 Å². The Kier molecular flexibility index (Phi) is 12.3. The van der Waals surface area contributed by atoms with Gasteiger partial charge in [-0.05, 0) is 25.0 Å². The predicted molar refractivity (Wildman–Crippen MR) is 59.3 cm³/mol. The average molecular weight is 194 g/mol. The van der Waals surface area contributed by atoms with Gasteiger partial charge in [0.1, 0.15) is 0 Å². The molecule has 0 aliphatic heterocycles. The summed E-state index contributed by atoms with van der Waals surface area (Å²) in [5.74, 6) is 6.20. The highest BCUT2D eigenvalue weighted by atomic mass is 16.3. The molecule has 2 nitrogen and oxygen atoms in total. The van der Waals surface area contributed by atoms with E-state index in [0.29, 0.717) is 17.8 Å². The molecule has 0 amide bonds. The van der Waals surface area contributed by atoms with E-state index in [0.717, 1.165) is 0 Å². The number of furan rings is 1. The second kappa shape index (κ2) is 11.5. The third kappa shape index (κ3) is 6.07. The second-order valence-electron chi connectivity index (χ2n) is 1.69. The summed E-state index contributed by atoms with van der Waals surface area (Å²) >= 11 is 0. The van der Waals surface area contributed by atoms with E-state index in [9.17, 15) is 4.79 Å². The SMILES string of the molecule is CC.CC.CC#Cc1ccc(C=O)o1. The van der Waals surface area contributed by atoms with E-state index in [2.05, 4.69) is 11.8 Å². The highest BCUT2D eigenvalue weighted by Crippen LogP contribution is 2.02. The van der Waals surface area contributed by atoms with Gasteiger partial charge >= 0.3 is 0 Å². The van der Waals surface area contributed by atoms with Gasteiger partial charge in [0, 0.05) is 0 Å². The average Bonchev–Trinajstić information content (AvgIpc) is 2.72. The first kappa shape index (κ1) is 15.0. The Hall–Kier alpha value is -1.49. The first-order chi connectivity index (χ1) is 6.86. The molecule has 1 rings (SSSR count). The fourth-order valence-electron chi connectivity index (χ4n) is 0.607. The topological polar surface area (TPSA) is 30.2 Å². The van der Waals surface area contributed by atoms with Crippen LogP contribution >= 0.6 is 0 Å². The molecular formula is C12H18O2. The van der Waals surface area contributed by atoms with Crippen molar-refractivity contribution >= 4 is 6.29 Å². The van der Waals surface area contributed by atoms with Crippen LogP contribution in [0.1, 0.15) is 50.9 Å². The zero-order valence-electron chi connectivity index (χ0n) is 9.55. The van der Waals surface area contributed by atoms with E-state index in [1.54, 1.807) is 19.1 Å². The molecule has 1 heterocycles. The molecule has 0 atom stereocenters. The summed E-state index contributed by atoms with van der Waals surface area (Å²) in [5.41, 5.74) is 0. The first-order valence-corrected chi connectivity index (χ1v) is 4.84. The van der Waals surface area contributed by atoms with Gasteiger partial charge in [-0.1, -0.05) is 33.6 Å². The van der Waals surface area contributed by atoms with Crippen molar-refractivity contribution in [2.45, 2.75) is 34.6 Å². The van der Waals surface area contributed by atoms with Crippen LogP contribution in [-0.4, -0.2) is 6.29 Å². The Balaban J connectivity index is 0. The molecule has 2 heteroatoms. The van der Waals surface area contributed by atoms with Crippen LogP contribution in [0.3, 0.4) is 0 Å². The van der Waals surface area contributed by atoms with E-state index in [1.807, 2.05) is 27.7 Å². The molecule has 0 N–H and O–H groups in total. The Morgan fingerprint density at radius 2 is 1.79 bits per heavy atom. The van der Waals surface area contributed by atoms with Gasteiger partial charge in [0.25, 0.3) is 0 Å². The largest absolute Gasteiger partial charge is 0.445 e. The standard InChI is InChI=1S/C8H6O2.2C2H6/c1-2-3-7-4-5-8(6-9)10-7;2*1-2/h4-6H,1H3;2*1-2H3. The molecule has 0 saturated heterocycles. The van der Waals surface area contributed by atoms with E-state index >= 15 is 0 Å². The number of aldehydes is 1. The number of hydrogen-bond acceptors (Lipinski definition) is 2. The van der Waals surface area contributed by atoms with Crippen molar-refractivity contribution in [2.75, 3.05) is 0 Å². The lowest BCUT2D eigenvalue weighted by molar-refractivity contribution is 0.110. The summed E-state index contributed by atoms with van der Waals surface area (Å²) in [6.45, 7) is 9.71. The summed E-state index contributed by atoms with van der Waals surface area (Å²) in [6, 6.07) is 3.26. The molecule has 0 radical (unpaired) electrons. The fraction of sp³-hybridized carbons (Fsp3) is 0.417. The maximum atomic E-state index is 10.1. The van der Waals surface area contributed by atoms with Gasteiger partial charge in [-0.25, -0.2) is 0 Å². The van der Waals surface area contributed by atoms with Gasteiger partial charge in [0.05, 0.1) is 0 Å². The van der Waals surface area contributed by atoms with Crippen LogP contribution in [0, 0.1) is 11.8 Å². The monoisotopic (exact) mass is 194 g/mol. The quantitative estimate of drug-likeness (QED) is 0.506. The lowest BCUT2D eigenvalue weighted by atomic mass is 10.4. The van der Waals surface area contributed by atoms with E-state index < -0.39 is 0 Å². The van der Waals surface area contributed by atoms with Crippen molar-refractivity contribution in [1.29, 1.82) is 0 Å². The highest BCUT2D eigenvalue weighted by Gasteiger charge is 1.94. The molecule has 78 valence electrons. The Morgan fingerprint density at radius 1 is 1.21 bits per heavy atom. The molecule has 0 bridgehead atoms. The third-order valence-electron chi connectivity index (χ3n) is 0.991. The molecule has 0 aliphatic carbocycles. The Bertz CT molecular complexity index is 287. The van der Waals surface area contributed by atoms with E-state index in [4.69, 9.17) is 4.42 Å². The van der Waals surface area contributed by atoms with Crippen molar-refractivity contribution in [2.24, 2.45) is 0 Å². The van der Waals surface area contributed by atoms with Crippen LogP contribution in [-0.2, 0) is 0 Å². The smallest absolute Gasteiger partial charge is 0.185 e. The minimum atomic E-state index is 0.317. The van der Waals surface area contributed by atoms with Crippen LogP contribution in [0.2, 0.25) is 0 Å². The van der Waals surface area contributed by atoms with Gasteiger partial charge in [0.2, 0.25) is 0 Å². The highest BCUT2D eigenvalue weighted by molar-refractivity contribution is 5.70. The number of carbonyl (C=O) groups is 1. The van der Waals surface area contributed by atoms with Crippen LogP contribution in [0.5, 0.6) is 0 Å². The van der Waals surface area contributed by atoms with Crippen LogP contribution in [0.4, 0.5) is 0 Å². The minimum absolute atomic E-state index is 0.317. The molecule has 0 unspecified atom stereocenters. The summed E-state index contributed by atoms with van der Waals surface area (Å²) in [7, 11) is 0. The summed E-state index contributed by atoms with van der Waals surface area (Å²) < 4.78 is 4.93. The van der Waals surface area contributed by atoms with Gasteiger partial charge < -0.3 is 4.42 Å². The normalized spacial score (nSPS) is 6.64. The predicted octanol–water partition coefficient (Wildman–Crippen LogP) is 3.52. The molecule has 0 aromatic carbocycles. The molecule has 1 aromatic heterocycles. The van der Waals surface area contributed by atoms with E-state index in [1.165, 1.54) is 0 Å². The number of hydrogen-bond donors (Lipinski definition) is 0. The third-order valence-corrected chi connectivity index (χ3v) is 0.991. The summed E-state index contributed by atoms with van der Waals surface area (Å²) in [6.07, 6.45) is 0.654. The number of carbonyl (C=O) groups excluding carboxylic acids is 1. The van der Waals surface area contributed by atoms with Crippen molar-refractivity contribution in [3.63, 3.8) is 0 Å². The zero-order chi connectivity index (χ0) is 11.4. The van der Waals surface area contributed by atoms with Crippen molar-refractivity contribution in [1.82, 2.24) is 0 Å². The van der Waals surface area contributed by atoms with Gasteiger partial charge in [-0.2, -0.15) is 0 Å². The number of rotatable bonds is 1. The Morgan fingerprint density at radius 3 is 2.14 bits per heavy atom. The van der Waals surface area contributed by atoms with E-state index in [-0.39, 0.29) is 0 Å². The second-order valence-corrected chi connectivity index (χ2v) is 1.69. The molecular weight excluding hydrogens is 176 g/mol. The van der Waals surface area contributed by atoms with Crippen molar-refractivity contribution < 1.29 is 9.21 Å².